The van der Waals surface area contributed by atoms with Crippen LogP contribution in [-0.4, -0.2) is 24.5 Å². The van der Waals surface area contributed by atoms with Crippen molar-refractivity contribution in [3.8, 4) is 11.5 Å². The van der Waals surface area contributed by atoms with Crippen LogP contribution in [-0.2, 0) is 0 Å². The Morgan fingerprint density at radius 3 is 2.43 bits per heavy atom. The molecule has 2 heterocycles. The highest BCUT2D eigenvalue weighted by Crippen LogP contribution is 2.38. The van der Waals surface area contributed by atoms with Crippen LogP contribution >= 0.6 is 0 Å². The lowest BCUT2D eigenvalue weighted by Gasteiger charge is -2.18. The molecule has 0 amide bonds. The number of likely N-dealkylation sites (tertiary alicyclic amines) is 1. The minimum absolute atomic E-state index is 0.946. The third-order valence-corrected chi connectivity index (χ3v) is 4.29. The molecule has 0 N–H and O–H groups in total. The Bertz CT molecular complexity index is 683. The fourth-order valence-electron chi connectivity index (χ4n) is 3.21. The summed E-state index contributed by atoms with van der Waals surface area (Å²) in [4.78, 5) is 2.54. The Morgan fingerprint density at radius 1 is 0.857 bits per heavy atom. The SMILES string of the molecule is C1=C(CN2CCCC2)c2ccccc2Oc2ccccc21. The van der Waals surface area contributed by atoms with E-state index in [9.17, 15) is 0 Å². The summed E-state index contributed by atoms with van der Waals surface area (Å²) in [6, 6.07) is 16.6. The van der Waals surface area contributed by atoms with E-state index < -0.39 is 0 Å². The number of fused-ring (bicyclic) bond motifs is 2. The molecule has 1 saturated heterocycles. The molecule has 0 aromatic heterocycles. The van der Waals surface area contributed by atoms with Crippen LogP contribution in [0.4, 0.5) is 0 Å². The summed E-state index contributed by atoms with van der Waals surface area (Å²) in [5.74, 6) is 1.91. The number of hydrogen-bond donors (Lipinski definition) is 0. The van der Waals surface area contributed by atoms with Gasteiger partial charge in [0.05, 0.1) is 0 Å². The van der Waals surface area contributed by atoms with Crippen molar-refractivity contribution in [2.45, 2.75) is 12.8 Å². The largest absolute Gasteiger partial charge is 0.456 e. The van der Waals surface area contributed by atoms with Crippen LogP contribution in [0.15, 0.2) is 48.5 Å². The Labute approximate surface area is 125 Å². The molecule has 2 aromatic rings. The average Bonchev–Trinajstić information content (AvgIpc) is 2.96. The van der Waals surface area contributed by atoms with Crippen LogP contribution in [0.5, 0.6) is 11.5 Å². The highest BCUT2D eigenvalue weighted by molar-refractivity contribution is 5.87. The highest BCUT2D eigenvalue weighted by atomic mass is 16.5. The van der Waals surface area contributed by atoms with Gasteiger partial charge in [-0.05, 0) is 49.7 Å². The van der Waals surface area contributed by atoms with E-state index in [1.165, 1.54) is 42.6 Å². The maximum atomic E-state index is 6.13. The van der Waals surface area contributed by atoms with Crippen LogP contribution in [0.25, 0.3) is 11.6 Å². The van der Waals surface area contributed by atoms with E-state index in [1.54, 1.807) is 0 Å². The molecule has 1 fully saturated rings. The molecule has 2 nitrogen and oxygen atoms in total. The van der Waals surface area contributed by atoms with Gasteiger partial charge in [0.25, 0.3) is 0 Å². The summed E-state index contributed by atoms with van der Waals surface area (Å²) in [6.45, 7) is 3.43. The smallest absolute Gasteiger partial charge is 0.135 e. The Balaban J connectivity index is 1.79. The Hall–Kier alpha value is -2.06. The van der Waals surface area contributed by atoms with Crippen molar-refractivity contribution in [1.29, 1.82) is 0 Å². The van der Waals surface area contributed by atoms with E-state index in [2.05, 4.69) is 41.3 Å². The predicted octanol–water partition coefficient (Wildman–Crippen LogP) is 4.43. The maximum Gasteiger partial charge on any atom is 0.135 e. The van der Waals surface area contributed by atoms with E-state index in [-0.39, 0.29) is 0 Å². The number of rotatable bonds is 2. The number of benzene rings is 2. The number of ether oxygens (including phenoxy) is 1. The van der Waals surface area contributed by atoms with Crippen molar-refractivity contribution in [2.75, 3.05) is 19.6 Å². The van der Waals surface area contributed by atoms with E-state index in [1.807, 2.05) is 18.2 Å². The zero-order valence-electron chi connectivity index (χ0n) is 12.1. The van der Waals surface area contributed by atoms with Gasteiger partial charge in [-0.1, -0.05) is 36.4 Å². The topological polar surface area (TPSA) is 12.5 Å². The summed E-state index contributed by atoms with van der Waals surface area (Å²) in [5.41, 5.74) is 3.75. The first kappa shape index (κ1) is 12.7. The average molecular weight is 277 g/mol. The summed E-state index contributed by atoms with van der Waals surface area (Å²) in [5, 5.41) is 0. The lowest BCUT2D eigenvalue weighted by Crippen LogP contribution is -2.21. The van der Waals surface area contributed by atoms with E-state index >= 15 is 0 Å². The molecule has 0 aliphatic carbocycles. The van der Waals surface area contributed by atoms with E-state index in [0.29, 0.717) is 0 Å². The maximum absolute atomic E-state index is 6.13. The number of hydrogen-bond acceptors (Lipinski definition) is 2. The molecular formula is C19H19NO. The Kier molecular flexibility index (Phi) is 3.24. The Morgan fingerprint density at radius 2 is 1.57 bits per heavy atom. The normalized spacial score (nSPS) is 17.4. The van der Waals surface area contributed by atoms with Crippen molar-refractivity contribution in [3.63, 3.8) is 0 Å². The minimum atomic E-state index is 0.946. The molecule has 0 radical (unpaired) electrons. The van der Waals surface area contributed by atoms with Crippen LogP contribution in [0.2, 0.25) is 0 Å². The summed E-state index contributed by atoms with van der Waals surface area (Å²) in [7, 11) is 0. The molecule has 21 heavy (non-hydrogen) atoms. The van der Waals surface area contributed by atoms with Crippen molar-refractivity contribution < 1.29 is 4.74 Å². The number of nitrogens with zero attached hydrogens (tertiary/aromatic N) is 1. The second-order valence-corrected chi connectivity index (χ2v) is 5.79. The quantitative estimate of drug-likeness (QED) is 0.805. The number of para-hydroxylation sites is 2. The first-order valence-electron chi connectivity index (χ1n) is 7.69. The van der Waals surface area contributed by atoms with Crippen molar-refractivity contribution >= 4 is 11.6 Å². The van der Waals surface area contributed by atoms with Crippen molar-refractivity contribution in [1.82, 2.24) is 4.90 Å². The van der Waals surface area contributed by atoms with E-state index in [0.717, 1.165) is 18.0 Å². The molecule has 0 atom stereocenters. The molecule has 4 rings (SSSR count). The second-order valence-electron chi connectivity index (χ2n) is 5.79. The second kappa shape index (κ2) is 5.38. The molecule has 0 bridgehead atoms. The molecule has 2 aliphatic rings. The van der Waals surface area contributed by atoms with Crippen LogP contribution < -0.4 is 4.74 Å². The molecule has 0 saturated carbocycles. The van der Waals surface area contributed by atoms with Gasteiger partial charge in [-0.2, -0.15) is 0 Å². The van der Waals surface area contributed by atoms with Gasteiger partial charge in [0, 0.05) is 17.7 Å². The summed E-state index contributed by atoms with van der Waals surface area (Å²) >= 11 is 0. The zero-order valence-corrected chi connectivity index (χ0v) is 12.1. The first-order valence-corrected chi connectivity index (χ1v) is 7.69. The van der Waals surface area contributed by atoms with Crippen LogP contribution in [0, 0.1) is 0 Å². The van der Waals surface area contributed by atoms with Crippen LogP contribution in [0.3, 0.4) is 0 Å². The lowest BCUT2D eigenvalue weighted by atomic mass is 10.0. The molecular weight excluding hydrogens is 258 g/mol. The van der Waals surface area contributed by atoms with Gasteiger partial charge >= 0.3 is 0 Å². The van der Waals surface area contributed by atoms with Gasteiger partial charge in [-0.15, -0.1) is 0 Å². The first-order chi connectivity index (χ1) is 10.4. The molecule has 106 valence electrons. The monoisotopic (exact) mass is 277 g/mol. The summed E-state index contributed by atoms with van der Waals surface area (Å²) in [6.07, 6.45) is 4.93. The third-order valence-electron chi connectivity index (χ3n) is 4.29. The van der Waals surface area contributed by atoms with Gasteiger partial charge in [-0.3, -0.25) is 4.90 Å². The lowest BCUT2D eigenvalue weighted by molar-refractivity contribution is 0.383. The zero-order chi connectivity index (χ0) is 14.1. The van der Waals surface area contributed by atoms with Gasteiger partial charge in [0.2, 0.25) is 0 Å². The molecule has 2 heteroatoms. The van der Waals surface area contributed by atoms with Crippen LogP contribution in [0.1, 0.15) is 24.0 Å². The van der Waals surface area contributed by atoms with Gasteiger partial charge in [0.15, 0.2) is 0 Å². The summed E-state index contributed by atoms with van der Waals surface area (Å²) < 4.78 is 6.13. The van der Waals surface area contributed by atoms with Crippen molar-refractivity contribution in [3.05, 3.63) is 59.7 Å². The third kappa shape index (κ3) is 2.47. The molecule has 0 spiro atoms. The van der Waals surface area contributed by atoms with Gasteiger partial charge < -0.3 is 4.74 Å². The predicted molar refractivity (Wildman–Crippen MR) is 86.5 cm³/mol. The molecule has 2 aromatic carbocycles. The van der Waals surface area contributed by atoms with E-state index in [4.69, 9.17) is 4.74 Å². The van der Waals surface area contributed by atoms with Crippen molar-refractivity contribution in [2.24, 2.45) is 0 Å². The standard InChI is InChI=1S/C19H19NO/c1-3-9-18-15(7-1)13-16(14-20-11-5-6-12-20)17-8-2-4-10-19(17)21-18/h1-4,7-10,13H,5-6,11-12,14H2. The minimum Gasteiger partial charge on any atom is -0.456 e. The van der Waals surface area contributed by atoms with Gasteiger partial charge in [-0.25, -0.2) is 0 Å². The molecule has 2 aliphatic heterocycles. The highest BCUT2D eigenvalue weighted by Gasteiger charge is 2.19. The fraction of sp³-hybridized carbons (Fsp3) is 0.263. The molecule has 0 unspecified atom stereocenters. The fourth-order valence-corrected chi connectivity index (χ4v) is 3.21. The van der Waals surface area contributed by atoms with Gasteiger partial charge in [0.1, 0.15) is 11.5 Å².